The lowest BCUT2D eigenvalue weighted by Crippen LogP contribution is -2.27. The molecule has 0 spiro atoms. The van der Waals surface area contributed by atoms with Crippen LogP contribution in [0.25, 0.3) is 6.08 Å². The van der Waals surface area contributed by atoms with Crippen molar-refractivity contribution in [2.45, 2.75) is 6.61 Å². The van der Waals surface area contributed by atoms with Crippen LogP contribution in [0.2, 0.25) is 5.02 Å². The summed E-state index contributed by atoms with van der Waals surface area (Å²) in [5.74, 6) is 0.636. The Bertz CT molecular complexity index is 1220. The number of hydrogen-bond acceptors (Lipinski definition) is 5. The molecule has 0 aliphatic carbocycles. The zero-order valence-electron chi connectivity index (χ0n) is 16.9. The number of thioether (sulfide) groups is 1. The second-order valence-electron chi connectivity index (χ2n) is 6.78. The molecule has 8 heteroatoms. The predicted octanol–water partition coefficient (Wildman–Crippen LogP) is 6.93. The number of amides is 2. The van der Waals surface area contributed by atoms with Gasteiger partial charge in [0.2, 0.25) is 0 Å². The molecule has 0 unspecified atom stereocenters. The van der Waals surface area contributed by atoms with Crippen LogP contribution in [0.3, 0.4) is 0 Å². The number of methoxy groups -OCH3 is 1. The van der Waals surface area contributed by atoms with Gasteiger partial charge in [0.1, 0.15) is 6.61 Å². The van der Waals surface area contributed by atoms with Crippen LogP contribution in [0.15, 0.2) is 76.1 Å². The molecule has 162 valence electrons. The molecule has 0 bridgehead atoms. The number of nitrogens with zero attached hydrogens (tertiary/aromatic N) is 1. The Morgan fingerprint density at radius 3 is 2.50 bits per heavy atom. The van der Waals surface area contributed by atoms with Crippen LogP contribution in [0.5, 0.6) is 11.5 Å². The second-order valence-corrected chi connectivity index (χ2v) is 9.03. The van der Waals surface area contributed by atoms with Crippen molar-refractivity contribution in [2.24, 2.45) is 0 Å². The highest BCUT2D eigenvalue weighted by Crippen LogP contribution is 2.41. The van der Waals surface area contributed by atoms with Crippen LogP contribution < -0.4 is 14.4 Å². The van der Waals surface area contributed by atoms with Crippen molar-refractivity contribution in [3.05, 3.63) is 92.3 Å². The summed E-state index contributed by atoms with van der Waals surface area (Å²) < 4.78 is 12.1. The summed E-state index contributed by atoms with van der Waals surface area (Å²) in [6.45, 7) is 0.381. The standard InChI is InChI=1S/C24H17BrClNO4S/c1-30-20-12-16(11-17(25)22(20)31-14-15-7-3-2-4-8-15)13-21-23(28)27(24(29)32-21)19-10-6-5-9-18(19)26/h2-13H,14H2,1H3/b21-13-. The van der Waals surface area contributed by atoms with Gasteiger partial charge in [-0.3, -0.25) is 9.59 Å². The summed E-state index contributed by atoms with van der Waals surface area (Å²) in [4.78, 5) is 26.8. The van der Waals surface area contributed by atoms with Crippen molar-refractivity contribution in [3.8, 4) is 11.5 Å². The molecular formula is C24H17BrClNO4S. The van der Waals surface area contributed by atoms with Crippen molar-refractivity contribution in [3.63, 3.8) is 0 Å². The van der Waals surface area contributed by atoms with Crippen molar-refractivity contribution in [1.82, 2.24) is 0 Å². The molecule has 3 aromatic carbocycles. The highest BCUT2D eigenvalue weighted by atomic mass is 79.9. The first-order valence-electron chi connectivity index (χ1n) is 9.54. The van der Waals surface area contributed by atoms with E-state index in [4.69, 9.17) is 21.1 Å². The maximum Gasteiger partial charge on any atom is 0.298 e. The zero-order chi connectivity index (χ0) is 22.7. The third kappa shape index (κ3) is 4.70. The SMILES string of the molecule is COc1cc(/C=C2\SC(=O)N(c3ccccc3Cl)C2=O)cc(Br)c1OCc1ccccc1. The van der Waals surface area contributed by atoms with Gasteiger partial charge >= 0.3 is 0 Å². The van der Waals surface area contributed by atoms with E-state index in [1.807, 2.05) is 36.4 Å². The van der Waals surface area contributed by atoms with E-state index >= 15 is 0 Å². The number of ether oxygens (including phenoxy) is 2. The van der Waals surface area contributed by atoms with Crippen LogP contribution >= 0.6 is 39.3 Å². The number of benzene rings is 3. The van der Waals surface area contributed by atoms with Crippen LogP contribution in [0.4, 0.5) is 10.5 Å². The van der Waals surface area contributed by atoms with Crippen LogP contribution in [-0.4, -0.2) is 18.3 Å². The fourth-order valence-corrected chi connectivity index (χ4v) is 4.78. The molecule has 0 saturated carbocycles. The summed E-state index contributed by atoms with van der Waals surface area (Å²) in [6.07, 6.45) is 1.65. The minimum Gasteiger partial charge on any atom is -0.493 e. The summed E-state index contributed by atoms with van der Waals surface area (Å²) in [7, 11) is 1.55. The molecule has 1 saturated heterocycles. The summed E-state index contributed by atoms with van der Waals surface area (Å²) in [6, 6.07) is 20.1. The first kappa shape index (κ1) is 22.5. The number of para-hydroxylation sites is 1. The number of imide groups is 1. The summed E-state index contributed by atoms with van der Waals surface area (Å²) in [5.41, 5.74) is 2.08. The van der Waals surface area contributed by atoms with Gasteiger partial charge in [0.05, 0.1) is 27.2 Å². The highest BCUT2D eigenvalue weighted by Gasteiger charge is 2.37. The molecule has 1 heterocycles. The van der Waals surface area contributed by atoms with Crippen LogP contribution in [0.1, 0.15) is 11.1 Å². The van der Waals surface area contributed by atoms with Gasteiger partial charge in [-0.25, -0.2) is 4.90 Å². The topological polar surface area (TPSA) is 55.8 Å². The number of halogens is 2. The van der Waals surface area contributed by atoms with E-state index in [0.717, 1.165) is 22.2 Å². The average Bonchev–Trinajstić information content (AvgIpc) is 3.06. The van der Waals surface area contributed by atoms with E-state index in [-0.39, 0.29) is 0 Å². The molecular weight excluding hydrogens is 514 g/mol. The van der Waals surface area contributed by atoms with Gasteiger partial charge in [0.25, 0.3) is 11.1 Å². The van der Waals surface area contributed by atoms with Gasteiger partial charge < -0.3 is 9.47 Å². The minimum atomic E-state index is -0.424. The number of hydrogen-bond donors (Lipinski definition) is 0. The van der Waals surface area contributed by atoms with E-state index in [0.29, 0.717) is 43.8 Å². The summed E-state index contributed by atoms with van der Waals surface area (Å²) >= 11 is 10.6. The van der Waals surface area contributed by atoms with Crippen LogP contribution in [0, 0.1) is 0 Å². The van der Waals surface area contributed by atoms with Gasteiger partial charge in [0.15, 0.2) is 11.5 Å². The van der Waals surface area contributed by atoms with Gasteiger partial charge in [-0.15, -0.1) is 0 Å². The summed E-state index contributed by atoms with van der Waals surface area (Å²) in [5, 5.41) is -0.0661. The van der Waals surface area contributed by atoms with Gasteiger partial charge in [-0.1, -0.05) is 54.1 Å². The van der Waals surface area contributed by atoms with Crippen molar-refractivity contribution in [2.75, 3.05) is 12.0 Å². The van der Waals surface area contributed by atoms with Crippen molar-refractivity contribution >= 4 is 62.2 Å². The predicted molar refractivity (Wildman–Crippen MR) is 131 cm³/mol. The molecule has 0 atom stereocenters. The molecule has 1 aliphatic rings. The maximum absolute atomic E-state index is 12.9. The highest BCUT2D eigenvalue weighted by molar-refractivity contribution is 9.10. The molecule has 0 N–H and O–H groups in total. The molecule has 4 rings (SSSR count). The quantitative estimate of drug-likeness (QED) is 0.323. The molecule has 1 fully saturated rings. The molecule has 1 aliphatic heterocycles. The van der Waals surface area contributed by atoms with E-state index in [1.165, 1.54) is 0 Å². The molecule has 3 aromatic rings. The monoisotopic (exact) mass is 529 g/mol. The lowest BCUT2D eigenvalue weighted by atomic mass is 10.1. The zero-order valence-corrected chi connectivity index (χ0v) is 20.0. The van der Waals surface area contributed by atoms with Crippen molar-refractivity contribution < 1.29 is 19.1 Å². The minimum absolute atomic E-state index is 0.293. The van der Waals surface area contributed by atoms with Gasteiger partial charge in [-0.2, -0.15) is 0 Å². The molecule has 0 radical (unpaired) electrons. The molecule has 2 amide bonds. The second kappa shape index (κ2) is 9.81. The Hall–Kier alpha value is -2.74. The first-order valence-corrected chi connectivity index (χ1v) is 11.5. The Balaban J connectivity index is 1.60. The van der Waals surface area contributed by atoms with E-state index in [2.05, 4.69) is 15.9 Å². The van der Waals surface area contributed by atoms with E-state index in [9.17, 15) is 9.59 Å². The number of anilines is 1. The number of rotatable bonds is 6. The fourth-order valence-electron chi connectivity index (χ4n) is 3.15. The number of carbonyl (C=O) groups is 2. The smallest absolute Gasteiger partial charge is 0.298 e. The molecule has 0 aromatic heterocycles. The van der Waals surface area contributed by atoms with E-state index < -0.39 is 11.1 Å². The molecule has 5 nitrogen and oxygen atoms in total. The van der Waals surface area contributed by atoms with E-state index in [1.54, 1.807) is 43.5 Å². The first-order chi connectivity index (χ1) is 15.5. The maximum atomic E-state index is 12.9. The largest absolute Gasteiger partial charge is 0.493 e. The van der Waals surface area contributed by atoms with Crippen molar-refractivity contribution in [1.29, 1.82) is 0 Å². The Kier molecular flexibility index (Phi) is 6.89. The number of carbonyl (C=O) groups excluding carboxylic acids is 2. The van der Waals surface area contributed by atoms with Crippen LogP contribution in [-0.2, 0) is 11.4 Å². The van der Waals surface area contributed by atoms with Gasteiger partial charge in [-0.05, 0) is 69.2 Å². The Morgan fingerprint density at radius 1 is 1.06 bits per heavy atom. The third-order valence-corrected chi connectivity index (χ3v) is 6.44. The normalized spacial score (nSPS) is 14.8. The Labute approximate surface area is 203 Å². The fraction of sp³-hybridized carbons (Fsp3) is 0.0833. The lowest BCUT2D eigenvalue weighted by Gasteiger charge is -2.14. The molecule has 32 heavy (non-hydrogen) atoms. The third-order valence-electron chi connectivity index (χ3n) is 4.66. The lowest BCUT2D eigenvalue weighted by molar-refractivity contribution is -0.113. The van der Waals surface area contributed by atoms with Gasteiger partial charge in [0, 0.05) is 0 Å². The Morgan fingerprint density at radius 2 is 1.78 bits per heavy atom. The average molecular weight is 531 g/mol.